The molecule has 4 nitrogen and oxygen atoms in total. The van der Waals surface area contributed by atoms with E-state index in [-0.39, 0.29) is 23.6 Å². The number of thioether (sulfide) groups is 1. The quantitative estimate of drug-likeness (QED) is 0.808. The number of rotatable bonds is 2. The van der Waals surface area contributed by atoms with Gasteiger partial charge in [-0.15, -0.1) is 0 Å². The second kappa shape index (κ2) is 5.65. The summed E-state index contributed by atoms with van der Waals surface area (Å²) in [7, 11) is -3.02. The first-order chi connectivity index (χ1) is 9.91. The summed E-state index contributed by atoms with van der Waals surface area (Å²) >= 11 is 13.7. The molecule has 0 bridgehead atoms. The minimum absolute atomic E-state index is 0.128. The average molecular weight is 365 g/mol. The van der Waals surface area contributed by atoms with Crippen LogP contribution in [0.3, 0.4) is 0 Å². The van der Waals surface area contributed by atoms with E-state index in [1.165, 1.54) is 0 Å². The number of sulfone groups is 1. The standard InChI is InChI=1S/C13H14Cl2N2O2S2/c1-2-20-13-16-11-6-21(18,19)7-12(11)17(13)8-3-4-9(14)10(15)5-8/h3-5,11-12H,2,6-7H2,1H3/t11-,12+/m0/s1. The SMILES string of the molecule is CCSC1=N[C@H]2CS(=O)(=O)C[C@H]2N1c1ccc(Cl)c(Cl)c1. The molecule has 1 aromatic carbocycles. The Balaban J connectivity index is 2.01. The van der Waals surface area contributed by atoms with Crippen molar-refractivity contribution in [3.8, 4) is 0 Å². The van der Waals surface area contributed by atoms with Gasteiger partial charge in [-0.3, -0.25) is 4.99 Å². The van der Waals surface area contributed by atoms with Crippen molar-refractivity contribution in [3.05, 3.63) is 28.2 Å². The molecule has 0 aliphatic carbocycles. The number of halogens is 2. The Bertz CT molecular complexity index is 706. The van der Waals surface area contributed by atoms with Crippen LogP contribution in [0.1, 0.15) is 6.92 Å². The van der Waals surface area contributed by atoms with E-state index in [2.05, 4.69) is 4.99 Å². The zero-order chi connectivity index (χ0) is 15.2. The lowest BCUT2D eigenvalue weighted by atomic mass is 10.1. The van der Waals surface area contributed by atoms with Crippen LogP contribution in [-0.4, -0.2) is 42.9 Å². The van der Waals surface area contributed by atoms with Gasteiger partial charge in [-0.2, -0.15) is 0 Å². The molecule has 0 spiro atoms. The van der Waals surface area contributed by atoms with E-state index in [1.54, 1.807) is 23.9 Å². The largest absolute Gasteiger partial charge is 0.315 e. The van der Waals surface area contributed by atoms with Crippen LogP contribution in [0.2, 0.25) is 10.0 Å². The van der Waals surface area contributed by atoms with Crippen LogP contribution in [-0.2, 0) is 9.84 Å². The summed E-state index contributed by atoms with van der Waals surface area (Å²) in [6.45, 7) is 2.05. The summed E-state index contributed by atoms with van der Waals surface area (Å²) < 4.78 is 23.7. The van der Waals surface area contributed by atoms with Crippen molar-refractivity contribution in [1.29, 1.82) is 0 Å². The number of amidine groups is 1. The van der Waals surface area contributed by atoms with Gasteiger partial charge in [0.05, 0.1) is 33.6 Å². The number of anilines is 1. The van der Waals surface area contributed by atoms with E-state index < -0.39 is 9.84 Å². The molecule has 0 N–H and O–H groups in total. The van der Waals surface area contributed by atoms with Crippen molar-refractivity contribution in [2.24, 2.45) is 4.99 Å². The molecule has 1 saturated heterocycles. The van der Waals surface area contributed by atoms with Gasteiger partial charge < -0.3 is 4.90 Å². The first-order valence-corrected chi connectivity index (χ1v) is 10.1. The molecule has 2 aliphatic heterocycles. The fraction of sp³-hybridized carbons (Fsp3) is 0.462. The van der Waals surface area contributed by atoms with Gasteiger partial charge in [-0.25, -0.2) is 8.42 Å². The number of aliphatic imine (C=N–C) groups is 1. The van der Waals surface area contributed by atoms with Gasteiger partial charge in [0.25, 0.3) is 0 Å². The van der Waals surface area contributed by atoms with Gasteiger partial charge in [0.1, 0.15) is 0 Å². The molecule has 2 heterocycles. The zero-order valence-corrected chi connectivity index (χ0v) is 14.4. The second-order valence-corrected chi connectivity index (χ2v) is 9.22. The highest BCUT2D eigenvalue weighted by Crippen LogP contribution is 2.37. The van der Waals surface area contributed by atoms with Crippen LogP contribution >= 0.6 is 35.0 Å². The van der Waals surface area contributed by atoms with Crippen LogP contribution in [0.25, 0.3) is 0 Å². The fourth-order valence-corrected chi connectivity index (χ4v) is 5.68. The van der Waals surface area contributed by atoms with Gasteiger partial charge in [-0.1, -0.05) is 41.9 Å². The normalized spacial score (nSPS) is 26.8. The molecule has 21 heavy (non-hydrogen) atoms. The lowest BCUT2D eigenvalue weighted by Gasteiger charge is -2.26. The number of benzene rings is 1. The Morgan fingerprint density at radius 2 is 2.10 bits per heavy atom. The van der Waals surface area contributed by atoms with Crippen molar-refractivity contribution in [2.45, 2.75) is 19.0 Å². The summed E-state index contributed by atoms with van der Waals surface area (Å²) in [4.78, 5) is 6.59. The van der Waals surface area contributed by atoms with Crippen LogP contribution in [0.15, 0.2) is 23.2 Å². The van der Waals surface area contributed by atoms with Crippen molar-refractivity contribution in [3.63, 3.8) is 0 Å². The predicted octanol–water partition coefficient (Wildman–Crippen LogP) is 3.09. The highest BCUT2D eigenvalue weighted by Gasteiger charge is 2.47. The van der Waals surface area contributed by atoms with Crippen LogP contribution < -0.4 is 4.90 Å². The molecular weight excluding hydrogens is 351 g/mol. The van der Waals surface area contributed by atoms with Gasteiger partial charge in [0.15, 0.2) is 15.0 Å². The van der Waals surface area contributed by atoms with E-state index in [4.69, 9.17) is 23.2 Å². The first-order valence-electron chi connectivity index (χ1n) is 6.56. The van der Waals surface area contributed by atoms with Crippen LogP contribution in [0.4, 0.5) is 5.69 Å². The van der Waals surface area contributed by atoms with Crippen molar-refractivity contribution in [2.75, 3.05) is 22.2 Å². The fourth-order valence-electron chi connectivity index (χ4n) is 2.70. The van der Waals surface area contributed by atoms with Gasteiger partial charge >= 0.3 is 0 Å². The van der Waals surface area contributed by atoms with E-state index in [9.17, 15) is 8.42 Å². The molecular formula is C13H14Cl2N2O2S2. The number of fused-ring (bicyclic) bond motifs is 1. The smallest absolute Gasteiger partial charge is 0.164 e. The average Bonchev–Trinajstić information content (AvgIpc) is 2.85. The third-order valence-corrected chi connectivity index (χ3v) is 6.85. The Morgan fingerprint density at radius 3 is 2.76 bits per heavy atom. The maximum atomic E-state index is 11.9. The second-order valence-electron chi connectivity index (χ2n) is 5.02. The Kier molecular flexibility index (Phi) is 4.16. The summed E-state index contributed by atoms with van der Waals surface area (Å²) in [5.41, 5.74) is 0.841. The Hall–Kier alpha value is -0.430. The summed E-state index contributed by atoms with van der Waals surface area (Å²) in [5, 5.41) is 1.80. The number of hydrogen-bond acceptors (Lipinski definition) is 5. The maximum Gasteiger partial charge on any atom is 0.164 e. The Labute approximate surface area is 138 Å². The van der Waals surface area contributed by atoms with Crippen molar-refractivity contribution >= 4 is 55.7 Å². The highest BCUT2D eigenvalue weighted by atomic mass is 35.5. The lowest BCUT2D eigenvalue weighted by Crippen LogP contribution is -2.39. The third-order valence-electron chi connectivity index (χ3n) is 3.56. The summed E-state index contributed by atoms with van der Waals surface area (Å²) in [6.07, 6.45) is 0. The van der Waals surface area contributed by atoms with E-state index >= 15 is 0 Å². The lowest BCUT2D eigenvalue weighted by molar-refractivity contribution is 0.601. The molecule has 1 fully saturated rings. The van der Waals surface area contributed by atoms with Crippen molar-refractivity contribution < 1.29 is 8.42 Å². The molecule has 0 unspecified atom stereocenters. The Morgan fingerprint density at radius 1 is 1.33 bits per heavy atom. The topological polar surface area (TPSA) is 49.7 Å². The molecule has 0 aromatic heterocycles. The predicted molar refractivity (Wildman–Crippen MR) is 90.7 cm³/mol. The number of hydrogen-bond donors (Lipinski definition) is 0. The third kappa shape index (κ3) is 2.91. The first kappa shape index (κ1) is 15.5. The number of nitrogens with zero attached hydrogens (tertiary/aromatic N) is 2. The van der Waals surface area contributed by atoms with Crippen molar-refractivity contribution in [1.82, 2.24) is 0 Å². The summed E-state index contributed by atoms with van der Waals surface area (Å²) in [6, 6.07) is 5.03. The molecule has 0 radical (unpaired) electrons. The van der Waals surface area contributed by atoms with Crippen LogP contribution in [0, 0.1) is 0 Å². The van der Waals surface area contributed by atoms with E-state index in [1.807, 2.05) is 17.9 Å². The minimum atomic E-state index is -3.02. The highest BCUT2D eigenvalue weighted by molar-refractivity contribution is 8.14. The molecule has 2 aliphatic rings. The molecule has 1 aromatic rings. The molecule has 2 atom stereocenters. The van der Waals surface area contributed by atoms with Crippen LogP contribution in [0.5, 0.6) is 0 Å². The summed E-state index contributed by atoms with van der Waals surface area (Å²) in [5.74, 6) is 1.14. The molecule has 0 amide bonds. The van der Waals surface area contributed by atoms with Gasteiger partial charge in [0.2, 0.25) is 0 Å². The molecule has 8 heteroatoms. The maximum absolute atomic E-state index is 11.9. The molecule has 0 saturated carbocycles. The van der Waals surface area contributed by atoms with Gasteiger partial charge in [0, 0.05) is 5.69 Å². The molecule has 3 rings (SSSR count). The zero-order valence-electron chi connectivity index (χ0n) is 11.3. The monoisotopic (exact) mass is 364 g/mol. The molecule has 114 valence electrons. The van der Waals surface area contributed by atoms with E-state index in [0.29, 0.717) is 10.0 Å². The van der Waals surface area contributed by atoms with Gasteiger partial charge in [-0.05, 0) is 24.0 Å². The minimum Gasteiger partial charge on any atom is -0.315 e. The van der Waals surface area contributed by atoms with E-state index in [0.717, 1.165) is 16.6 Å².